The summed E-state index contributed by atoms with van der Waals surface area (Å²) >= 11 is 6.07. The smallest absolute Gasteiger partial charge is 0.152 e. The van der Waals surface area contributed by atoms with Gasteiger partial charge in [0.2, 0.25) is 0 Å². The van der Waals surface area contributed by atoms with Gasteiger partial charge in [0.25, 0.3) is 0 Å². The minimum atomic E-state index is 0.717. The lowest BCUT2D eigenvalue weighted by Gasteiger charge is -2.14. The summed E-state index contributed by atoms with van der Waals surface area (Å²) in [5.74, 6) is 0. The van der Waals surface area contributed by atoms with Crippen LogP contribution in [0.5, 0.6) is 0 Å². The number of fused-ring (bicyclic) bond motifs is 1. The highest BCUT2D eigenvalue weighted by Gasteiger charge is 2.12. The quantitative estimate of drug-likeness (QED) is 0.786. The number of aldehydes is 1. The van der Waals surface area contributed by atoms with Crippen molar-refractivity contribution in [1.82, 2.24) is 9.47 Å². The molecule has 106 valence electrons. The number of likely N-dealkylation sites (tertiary alicyclic amines) is 1. The predicted molar refractivity (Wildman–Crippen MR) is 82.6 cm³/mol. The number of aryl methyl sites for hydroxylation is 1. The first kappa shape index (κ1) is 13.7. The molecule has 1 saturated heterocycles. The molecule has 2 aromatic rings. The normalized spacial score (nSPS) is 16.1. The molecule has 20 heavy (non-hydrogen) atoms. The van der Waals surface area contributed by atoms with Gasteiger partial charge in [-0.15, -0.1) is 0 Å². The number of nitrogens with zero attached hydrogens (tertiary/aromatic N) is 2. The van der Waals surface area contributed by atoms with Crippen LogP contribution >= 0.6 is 11.6 Å². The highest BCUT2D eigenvalue weighted by Crippen LogP contribution is 2.24. The Morgan fingerprint density at radius 3 is 2.75 bits per heavy atom. The van der Waals surface area contributed by atoms with E-state index in [1.165, 1.54) is 25.9 Å². The Morgan fingerprint density at radius 2 is 2.00 bits per heavy atom. The zero-order valence-corrected chi connectivity index (χ0v) is 12.3. The number of hydrogen-bond donors (Lipinski definition) is 0. The molecule has 1 aromatic carbocycles. The molecule has 2 heterocycles. The minimum absolute atomic E-state index is 0.717. The van der Waals surface area contributed by atoms with Crippen molar-refractivity contribution in [3.63, 3.8) is 0 Å². The van der Waals surface area contributed by atoms with Crippen molar-refractivity contribution in [2.75, 3.05) is 19.6 Å². The lowest BCUT2D eigenvalue weighted by Crippen LogP contribution is -2.21. The molecule has 1 aliphatic heterocycles. The van der Waals surface area contributed by atoms with Gasteiger partial charge in [0, 0.05) is 28.7 Å². The molecule has 1 aliphatic rings. The van der Waals surface area contributed by atoms with E-state index >= 15 is 0 Å². The van der Waals surface area contributed by atoms with Gasteiger partial charge in [-0.3, -0.25) is 4.79 Å². The van der Waals surface area contributed by atoms with Gasteiger partial charge in [-0.05, 0) is 51.0 Å². The summed E-state index contributed by atoms with van der Waals surface area (Å²) in [6, 6.07) is 5.71. The maximum Gasteiger partial charge on any atom is 0.152 e. The first-order valence-electron chi connectivity index (χ1n) is 7.24. The van der Waals surface area contributed by atoms with Crippen molar-refractivity contribution >= 4 is 28.8 Å². The molecule has 1 aromatic heterocycles. The molecule has 0 N–H and O–H groups in total. The fourth-order valence-electron chi connectivity index (χ4n) is 3.04. The molecule has 0 amide bonds. The molecule has 3 nitrogen and oxygen atoms in total. The number of aromatic nitrogens is 1. The number of carbonyl (C=O) groups excluding carboxylic acids is 1. The summed E-state index contributed by atoms with van der Waals surface area (Å²) in [5, 5.41) is 1.71. The number of carbonyl (C=O) groups is 1. The molecule has 0 atom stereocenters. The van der Waals surface area contributed by atoms with E-state index in [1.807, 2.05) is 24.4 Å². The zero-order valence-electron chi connectivity index (χ0n) is 11.5. The molecule has 0 spiro atoms. The number of hydrogen-bond acceptors (Lipinski definition) is 2. The van der Waals surface area contributed by atoms with Crippen molar-refractivity contribution in [3.8, 4) is 0 Å². The standard InChI is InChI=1S/C16H19ClN2O/c17-14-4-5-15-13(12-20)11-19(16(15)10-14)9-3-8-18-6-1-2-7-18/h4-5,10-12H,1-3,6-9H2. The SMILES string of the molecule is O=Cc1cn(CCCN2CCCC2)c2cc(Cl)ccc12. The Balaban J connectivity index is 1.76. The molecule has 0 bridgehead atoms. The predicted octanol–water partition coefficient (Wildman–Crippen LogP) is 3.59. The fraction of sp³-hybridized carbons (Fsp3) is 0.438. The lowest BCUT2D eigenvalue weighted by atomic mass is 10.2. The van der Waals surface area contributed by atoms with Gasteiger partial charge in [0.1, 0.15) is 0 Å². The van der Waals surface area contributed by atoms with Gasteiger partial charge in [0.15, 0.2) is 6.29 Å². The topological polar surface area (TPSA) is 25.2 Å². The van der Waals surface area contributed by atoms with Crippen LogP contribution in [0.3, 0.4) is 0 Å². The van der Waals surface area contributed by atoms with E-state index in [2.05, 4.69) is 9.47 Å². The third-order valence-corrected chi connectivity index (χ3v) is 4.31. The molecule has 0 saturated carbocycles. The third-order valence-electron chi connectivity index (χ3n) is 4.07. The molecular formula is C16H19ClN2O. The zero-order chi connectivity index (χ0) is 13.9. The Labute approximate surface area is 124 Å². The van der Waals surface area contributed by atoms with Gasteiger partial charge in [-0.2, -0.15) is 0 Å². The monoisotopic (exact) mass is 290 g/mol. The highest BCUT2D eigenvalue weighted by molar-refractivity contribution is 6.31. The van der Waals surface area contributed by atoms with E-state index in [0.29, 0.717) is 5.02 Å². The van der Waals surface area contributed by atoms with Gasteiger partial charge < -0.3 is 9.47 Å². The molecule has 4 heteroatoms. The Kier molecular flexibility index (Phi) is 4.08. The number of benzene rings is 1. The summed E-state index contributed by atoms with van der Waals surface area (Å²) in [5.41, 5.74) is 1.80. The van der Waals surface area contributed by atoms with Crippen LogP contribution in [-0.4, -0.2) is 35.4 Å². The second-order valence-electron chi connectivity index (χ2n) is 5.46. The van der Waals surface area contributed by atoms with Crippen LogP contribution in [-0.2, 0) is 6.54 Å². The summed E-state index contributed by atoms with van der Waals surface area (Å²) in [7, 11) is 0. The van der Waals surface area contributed by atoms with Crippen molar-refractivity contribution in [3.05, 3.63) is 35.0 Å². The number of halogens is 1. The van der Waals surface area contributed by atoms with E-state index in [4.69, 9.17) is 11.6 Å². The van der Waals surface area contributed by atoms with E-state index in [9.17, 15) is 4.79 Å². The summed E-state index contributed by atoms with van der Waals surface area (Å²) in [6.07, 6.45) is 6.63. The van der Waals surface area contributed by atoms with Gasteiger partial charge in [0.05, 0.1) is 5.52 Å². The van der Waals surface area contributed by atoms with Crippen molar-refractivity contribution in [1.29, 1.82) is 0 Å². The Morgan fingerprint density at radius 1 is 1.20 bits per heavy atom. The third kappa shape index (κ3) is 2.74. The largest absolute Gasteiger partial charge is 0.347 e. The van der Waals surface area contributed by atoms with Crippen molar-refractivity contribution in [2.45, 2.75) is 25.8 Å². The maximum atomic E-state index is 11.1. The number of rotatable bonds is 5. The first-order valence-corrected chi connectivity index (χ1v) is 7.61. The summed E-state index contributed by atoms with van der Waals surface area (Å²) in [4.78, 5) is 13.7. The average molecular weight is 291 g/mol. The van der Waals surface area contributed by atoms with Crippen molar-refractivity contribution < 1.29 is 4.79 Å². The average Bonchev–Trinajstić information content (AvgIpc) is 3.07. The molecule has 0 radical (unpaired) electrons. The van der Waals surface area contributed by atoms with Crippen LogP contribution in [0, 0.1) is 0 Å². The first-order chi connectivity index (χ1) is 9.78. The second-order valence-corrected chi connectivity index (χ2v) is 5.90. The van der Waals surface area contributed by atoms with Crippen LogP contribution in [0.25, 0.3) is 10.9 Å². The van der Waals surface area contributed by atoms with Crippen LogP contribution in [0.15, 0.2) is 24.4 Å². The van der Waals surface area contributed by atoms with E-state index in [1.54, 1.807) is 0 Å². The highest BCUT2D eigenvalue weighted by atomic mass is 35.5. The van der Waals surface area contributed by atoms with E-state index in [-0.39, 0.29) is 0 Å². The van der Waals surface area contributed by atoms with Crippen molar-refractivity contribution in [2.24, 2.45) is 0 Å². The fourth-order valence-corrected chi connectivity index (χ4v) is 3.21. The van der Waals surface area contributed by atoms with Crippen LogP contribution in [0.2, 0.25) is 5.02 Å². The van der Waals surface area contributed by atoms with Gasteiger partial charge in [-0.1, -0.05) is 17.7 Å². The van der Waals surface area contributed by atoms with Crippen LogP contribution in [0.1, 0.15) is 29.6 Å². The molecule has 3 rings (SSSR count). The molecular weight excluding hydrogens is 272 g/mol. The molecule has 0 unspecified atom stereocenters. The van der Waals surface area contributed by atoms with Gasteiger partial charge in [-0.25, -0.2) is 0 Å². The molecule has 0 aliphatic carbocycles. The van der Waals surface area contributed by atoms with Gasteiger partial charge >= 0.3 is 0 Å². The summed E-state index contributed by atoms with van der Waals surface area (Å²) in [6.45, 7) is 4.54. The van der Waals surface area contributed by atoms with E-state index < -0.39 is 0 Å². The van der Waals surface area contributed by atoms with E-state index in [0.717, 1.165) is 42.3 Å². The minimum Gasteiger partial charge on any atom is -0.347 e. The molecule has 1 fully saturated rings. The maximum absolute atomic E-state index is 11.1. The Hall–Kier alpha value is -1.32. The van der Waals surface area contributed by atoms with Crippen LogP contribution < -0.4 is 0 Å². The Bertz CT molecular complexity index is 614. The lowest BCUT2D eigenvalue weighted by molar-refractivity contribution is 0.112. The summed E-state index contributed by atoms with van der Waals surface area (Å²) < 4.78 is 2.15. The second kappa shape index (κ2) is 5.98. The van der Waals surface area contributed by atoms with Crippen LogP contribution in [0.4, 0.5) is 0 Å².